The van der Waals surface area contributed by atoms with Crippen molar-refractivity contribution in [1.29, 1.82) is 0 Å². The monoisotopic (exact) mass is 360 g/mol. The van der Waals surface area contributed by atoms with Gasteiger partial charge >= 0.3 is 0 Å². The SMILES string of the molecule is CC(C)N(Cc1ccccc1)S(=O)(=O)c1ccc2c(c1)OCC(=O)N2. The number of amides is 1. The van der Waals surface area contributed by atoms with Gasteiger partial charge in [0.1, 0.15) is 5.75 Å². The van der Waals surface area contributed by atoms with Crippen molar-refractivity contribution in [3.8, 4) is 5.75 Å². The predicted octanol–water partition coefficient (Wildman–Crippen LogP) is 2.62. The number of benzene rings is 2. The lowest BCUT2D eigenvalue weighted by Gasteiger charge is -2.27. The Morgan fingerprint density at radius 2 is 1.88 bits per heavy atom. The van der Waals surface area contributed by atoms with Gasteiger partial charge in [0.15, 0.2) is 6.61 Å². The standard InChI is InChI=1S/C18H20N2O4S/c1-13(2)20(11-14-6-4-3-5-7-14)25(22,23)15-8-9-16-17(10-15)24-12-18(21)19-16/h3-10,13H,11-12H2,1-2H3,(H,19,21). The minimum absolute atomic E-state index is 0.117. The smallest absolute Gasteiger partial charge is 0.262 e. The third-order valence-electron chi connectivity index (χ3n) is 3.95. The summed E-state index contributed by atoms with van der Waals surface area (Å²) in [5.41, 5.74) is 1.40. The molecule has 0 radical (unpaired) electrons. The summed E-state index contributed by atoms with van der Waals surface area (Å²) in [7, 11) is -3.70. The minimum atomic E-state index is -3.70. The van der Waals surface area contributed by atoms with E-state index in [1.807, 2.05) is 44.2 Å². The van der Waals surface area contributed by atoms with Crippen molar-refractivity contribution in [3.05, 3.63) is 54.1 Å². The molecule has 1 heterocycles. The molecule has 2 aromatic rings. The number of rotatable bonds is 5. The van der Waals surface area contributed by atoms with Crippen LogP contribution in [-0.4, -0.2) is 31.3 Å². The zero-order valence-electron chi connectivity index (χ0n) is 14.1. The Morgan fingerprint density at radius 3 is 2.56 bits per heavy atom. The van der Waals surface area contributed by atoms with Crippen molar-refractivity contribution in [2.45, 2.75) is 31.3 Å². The fourth-order valence-electron chi connectivity index (χ4n) is 2.66. The number of nitrogens with one attached hydrogen (secondary N) is 1. The van der Waals surface area contributed by atoms with Gasteiger partial charge in [-0.25, -0.2) is 8.42 Å². The number of carbonyl (C=O) groups is 1. The highest BCUT2D eigenvalue weighted by Gasteiger charge is 2.29. The molecule has 0 aromatic heterocycles. The fourth-order valence-corrected chi connectivity index (χ4v) is 4.30. The van der Waals surface area contributed by atoms with Crippen molar-refractivity contribution >= 4 is 21.6 Å². The van der Waals surface area contributed by atoms with E-state index in [1.165, 1.54) is 16.4 Å². The molecule has 3 rings (SSSR count). The number of anilines is 1. The zero-order valence-corrected chi connectivity index (χ0v) is 14.9. The first-order valence-corrected chi connectivity index (χ1v) is 9.44. The van der Waals surface area contributed by atoms with Gasteiger partial charge in [-0.15, -0.1) is 0 Å². The molecular weight excluding hydrogens is 340 g/mol. The van der Waals surface area contributed by atoms with Crippen LogP contribution in [-0.2, 0) is 21.4 Å². The quantitative estimate of drug-likeness (QED) is 0.889. The van der Waals surface area contributed by atoms with Gasteiger partial charge in [-0.2, -0.15) is 4.31 Å². The Balaban J connectivity index is 1.94. The summed E-state index contributed by atoms with van der Waals surface area (Å²) in [6.45, 7) is 3.86. The number of hydrogen-bond donors (Lipinski definition) is 1. The van der Waals surface area contributed by atoms with E-state index in [-0.39, 0.29) is 30.0 Å². The summed E-state index contributed by atoms with van der Waals surface area (Å²) in [5, 5.41) is 2.66. The second kappa shape index (κ2) is 6.85. The summed E-state index contributed by atoms with van der Waals surface area (Å²) in [6, 6.07) is 13.8. The molecule has 0 spiro atoms. The van der Waals surface area contributed by atoms with Crippen LogP contribution < -0.4 is 10.1 Å². The van der Waals surface area contributed by atoms with Crippen molar-refractivity contribution < 1.29 is 17.9 Å². The van der Waals surface area contributed by atoms with E-state index < -0.39 is 10.0 Å². The first kappa shape index (κ1) is 17.4. The molecule has 132 valence electrons. The Labute approximate surface area is 147 Å². The zero-order chi connectivity index (χ0) is 18.0. The van der Waals surface area contributed by atoms with Crippen molar-refractivity contribution in [2.24, 2.45) is 0 Å². The average Bonchev–Trinajstić information content (AvgIpc) is 2.59. The van der Waals surface area contributed by atoms with Crippen molar-refractivity contribution in [3.63, 3.8) is 0 Å². The Bertz CT molecular complexity index is 879. The fraction of sp³-hybridized carbons (Fsp3) is 0.278. The van der Waals surface area contributed by atoms with Crippen LogP contribution in [0, 0.1) is 0 Å². The second-order valence-electron chi connectivity index (χ2n) is 6.12. The van der Waals surface area contributed by atoms with Gasteiger partial charge in [0, 0.05) is 18.7 Å². The lowest BCUT2D eigenvalue weighted by molar-refractivity contribution is -0.118. The molecular formula is C18H20N2O4S. The van der Waals surface area contributed by atoms with Crippen LogP contribution in [0.5, 0.6) is 5.75 Å². The maximum absolute atomic E-state index is 13.1. The molecule has 1 aliphatic heterocycles. The van der Waals surface area contributed by atoms with E-state index in [1.54, 1.807) is 6.07 Å². The van der Waals surface area contributed by atoms with E-state index in [4.69, 9.17) is 4.74 Å². The summed E-state index contributed by atoms with van der Waals surface area (Å²) < 4.78 is 33.0. The largest absolute Gasteiger partial charge is 0.482 e. The van der Waals surface area contributed by atoms with Gasteiger partial charge in [0.05, 0.1) is 10.6 Å². The molecule has 0 bridgehead atoms. The van der Waals surface area contributed by atoms with Crippen LogP contribution in [0.2, 0.25) is 0 Å². The summed E-state index contributed by atoms with van der Waals surface area (Å²) in [4.78, 5) is 11.5. The molecule has 1 aliphatic rings. The topological polar surface area (TPSA) is 75.7 Å². The van der Waals surface area contributed by atoms with Gasteiger partial charge < -0.3 is 10.1 Å². The normalized spacial score (nSPS) is 14.2. The van der Waals surface area contributed by atoms with Gasteiger partial charge in [-0.3, -0.25) is 4.79 Å². The Morgan fingerprint density at radius 1 is 1.16 bits per heavy atom. The highest BCUT2D eigenvalue weighted by Crippen LogP contribution is 2.32. The second-order valence-corrected chi connectivity index (χ2v) is 8.01. The maximum Gasteiger partial charge on any atom is 0.262 e. The van der Waals surface area contributed by atoms with Gasteiger partial charge in [0.2, 0.25) is 10.0 Å². The summed E-state index contributed by atoms with van der Waals surface area (Å²) in [5.74, 6) is 0.111. The van der Waals surface area contributed by atoms with Gasteiger partial charge in [-0.1, -0.05) is 30.3 Å². The molecule has 6 nitrogen and oxygen atoms in total. The number of ether oxygens (including phenoxy) is 1. The molecule has 0 aliphatic carbocycles. The molecule has 0 saturated carbocycles. The van der Waals surface area contributed by atoms with Gasteiger partial charge in [-0.05, 0) is 31.5 Å². The number of fused-ring (bicyclic) bond motifs is 1. The highest BCUT2D eigenvalue weighted by molar-refractivity contribution is 7.89. The molecule has 1 N–H and O–H groups in total. The first-order chi connectivity index (χ1) is 11.9. The predicted molar refractivity (Wildman–Crippen MR) is 94.9 cm³/mol. The van der Waals surface area contributed by atoms with E-state index >= 15 is 0 Å². The lowest BCUT2D eigenvalue weighted by Crippen LogP contribution is -2.36. The van der Waals surface area contributed by atoms with E-state index in [9.17, 15) is 13.2 Å². The third-order valence-corrected chi connectivity index (χ3v) is 5.97. The lowest BCUT2D eigenvalue weighted by atomic mass is 10.2. The summed E-state index contributed by atoms with van der Waals surface area (Å²) in [6.07, 6.45) is 0. The van der Waals surface area contributed by atoms with Crippen LogP contribution in [0.1, 0.15) is 19.4 Å². The highest BCUT2D eigenvalue weighted by atomic mass is 32.2. The Kier molecular flexibility index (Phi) is 4.78. The van der Waals surface area contributed by atoms with Crippen LogP contribution in [0.15, 0.2) is 53.4 Å². The molecule has 25 heavy (non-hydrogen) atoms. The van der Waals surface area contributed by atoms with Crippen LogP contribution in [0.4, 0.5) is 5.69 Å². The third kappa shape index (κ3) is 3.67. The average molecular weight is 360 g/mol. The number of nitrogens with zero attached hydrogens (tertiary/aromatic N) is 1. The molecule has 2 aromatic carbocycles. The van der Waals surface area contributed by atoms with Crippen LogP contribution in [0.3, 0.4) is 0 Å². The van der Waals surface area contributed by atoms with Crippen LogP contribution in [0.25, 0.3) is 0 Å². The number of sulfonamides is 1. The van der Waals surface area contributed by atoms with Crippen LogP contribution >= 0.6 is 0 Å². The van der Waals surface area contributed by atoms with E-state index in [2.05, 4.69) is 5.32 Å². The first-order valence-electron chi connectivity index (χ1n) is 8.00. The van der Waals surface area contributed by atoms with E-state index in [0.29, 0.717) is 11.4 Å². The van der Waals surface area contributed by atoms with E-state index in [0.717, 1.165) is 5.56 Å². The molecule has 7 heteroatoms. The Hall–Kier alpha value is -2.38. The molecule has 0 fully saturated rings. The van der Waals surface area contributed by atoms with Crippen molar-refractivity contribution in [2.75, 3.05) is 11.9 Å². The molecule has 0 saturated heterocycles. The van der Waals surface area contributed by atoms with Gasteiger partial charge in [0.25, 0.3) is 5.91 Å². The number of hydrogen-bond acceptors (Lipinski definition) is 4. The molecule has 1 amide bonds. The van der Waals surface area contributed by atoms with Crippen molar-refractivity contribution in [1.82, 2.24) is 4.31 Å². The minimum Gasteiger partial charge on any atom is -0.482 e. The summed E-state index contributed by atoms with van der Waals surface area (Å²) >= 11 is 0. The number of carbonyl (C=O) groups excluding carboxylic acids is 1. The maximum atomic E-state index is 13.1. The molecule has 0 unspecified atom stereocenters. The molecule has 0 atom stereocenters.